The Balaban J connectivity index is 2.04. The molecule has 0 aliphatic heterocycles. The molecule has 2 aromatic heterocycles. The van der Waals surface area contributed by atoms with E-state index in [1.807, 2.05) is 49.4 Å². The lowest BCUT2D eigenvalue weighted by Crippen LogP contribution is -2.11. The first-order chi connectivity index (χ1) is 13.7. The summed E-state index contributed by atoms with van der Waals surface area (Å²) in [4.78, 5) is 24.9. The van der Waals surface area contributed by atoms with E-state index >= 15 is 0 Å². The minimum Gasteiger partial charge on any atom is -0.497 e. The van der Waals surface area contributed by atoms with Crippen LogP contribution in [0.3, 0.4) is 0 Å². The predicted octanol–water partition coefficient (Wildman–Crippen LogP) is 3.75. The van der Waals surface area contributed by atoms with E-state index in [9.17, 15) is 4.79 Å². The number of pyridine rings is 1. The zero-order valence-electron chi connectivity index (χ0n) is 15.9. The average molecular weight is 374 g/mol. The Morgan fingerprint density at radius 1 is 1.36 bits per heavy atom. The number of rotatable bonds is 7. The summed E-state index contributed by atoms with van der Waals surface area (Å²) < 4.78 is 5.40. The van der Waals surface area contributed by atoms with Crippen LogP contribution in [0.25, 0.3) is 17.5 Å². The highest BCUT2D eigenvalue weighted by Gasteiger charge is 2.16. The summed E-state index contributed by atoms with van der Waals surface area (Å²) in [6, 6.07) is 3.77. The van der Waals surface area contributed by atoms with Crippen molar-refractivity contribution in [3.63, 3.8) is 0 Å². The Hall–Kier alpha value is -3.54. The van der Waals surface area contributed by atoms with Gasteiger partial charge in [0, 0.05) is 42.1 Å². The standard InChI is InChI=1S/C22H22N4O2/c1-3-4-7-16(15-27)13-24-22-19-12-18(28-2)9-5-10-20(19)25-21(26-22)17-8-6-11-23-14-17/h3-9,11-12,14-15H,10,13H2,1-2H3,(H,24,25,26)/b4-3-,16-7+. The smallest absolute Gasteiger partial charge is 0.163 e. The predicted molar refractivity (Wildman–Crippen MR) is 111 cm³/mol. The quantitative estimate of drug-likeness (QED) is 0.452. The number of allylic oxidation sites excluding steroid dienone is 5. The molecule has 6 heteroatoms. The van der Waals surface area contributed by atoms with Gasteiger partial charge in [0.25, 0.3) is 0 Å². The molecule has 6 nitrogen and oxygen atoms in total. The number of aromatic nitrogens is 3. The van der Waals surface area contributed by atoms with Crippen LogP contribution < -0.4 is 5.32 Å². The Bertz CT molecular complexity index is 960. The Morgan fingerprint density at radius 2 is 2.25 bits per heavy atom. The van der Waals surface area contributed by atoms with Gasteiger partial charge in [0.2, 0.25) is 0 Å². The largest absolute Gasteiger partial charge is 0.497 e. The van der Waals surface area contributed by atoms with Gasteiger partial charge < -0.3 is 10.1 Å². The summed E-state index contributed by atoms with van der Waals surface area (Å²) in [6.07, 6.45) is 16.3. The third kappa shape index (κ3) is 4.59. The molecular weight excluding hydrogens is 352 g/mol. The van der Waals surface area contributed by atoms with Crippen molar-refractivity contribution < 1.29 is 9.53 Å². The fourth-order valence-corrected chi connectivity index (χ4v) is 2.73. The third-order valence-electron chi connectivity index (χ3n) is 4.17. The summed E-state index contributed by atoms with van der Waals surface area (Å²) >= 11 is 0. The molecule has 1 aliphatic rings. The molecule has 3 rings (SSSR count). The van der Waals surface area contributed by atoms with Crippen molar-refractivity contribution in [1.82, 2.24) is 15.0 Å². The minimum absolute atomic E-state index is 0.355. The first-order valence-electron chi connectivity index (χ1n) is 8.99. The van der Waals surface area contributed by atoms with Crippen molar-refractivity contribution in [3.8, 4) is 11.4 Å². The molecule has 1 aliphatic carbocycles. The molecule has 0 aromatic carbocycles. The van der Waals surface area contributed by atoms with Gasteiger partial charge in [-0.2, -0.15) is 0 Å². The average Bonchev–Trinajstić information content (AvgIpc) is 2.96. The second-order valence-corrected chi connectivity index (χ2v) is 6.09. The SMILES string of the molecule is C/C=C\C=C(\C=O)CNc1nc(-c2cccnc2)nc2c1C=C(OC)C=CC2. The molecule has 0 atom stereocenters. The molecule has 2 aromatic rings. The van der Waals surface area contributed by atoms with Gasteiger partial charge in [-0.1, -0.05) is 24.3 Å². The van der Waals surface area contributed by atoms with Gasteiger partial charge in [-0.25, -0.2) is 9.97 Å². The van der Waals surface area contributed by atoms with E-state index in [2.05, 4.69) is 10.3 Å². The molecule has 142 valence electrons. The maximum absolute atomic E-state index is 11.3. The number of nitrogens with zero attached hydrogens (tertiary/aromatic N) is 3. The molecule has 0 bridgehead atoms. The van der Waals surface area contributed by atoms with Crippen LogP contribution >= 0.6 is 0 Å². The highest BCUT2D eigenvalue weighted by molar-refractivity contribution is 5.77. The molecule has 0 saturated carbocycles. The topological polar surface area (TPSA) is 77.0 Å². The Morgan fingerprint density at radius 3 is 2.96 bits per heavy atom. The van der Waals surface area contributed by atoms with Crippen LogP contribution in [-0.4, -0.2) is 34.9 Å². The molecule has 0 amide bonds. The number of hydrogen-bond acceptors (Lipinski definition) is 6. The summed E-state index contributed by atoms with van der Waals surface area (Å²) in [6.45, 7) is 2.26. The monoisotopic (exact) mass is 374 g/mol. The van der Waals surface area contributed by atoms with E-state index in [-0.39, 0.29) is 0 Å². The van der Waals surface area contributed by atoms with Crippen molar-refractivity contribution in [2.45, 2.75) is 13.3 Å². The summed E-state index contributed by atoms with van der Waals surface area (Å²) in [7, 11) is 1.63. The maximum atomic E-state index is 11.3. The number of anilines is 1. The van der Waals surface area contributed by atoms with Gasteiger partial charge in [-0.3, -0.25) is 9.78 Å². The van der Waals surface area contributed by atoms with E-state index in [0.29, 0.717) is 30.2 Å². The van der Waals surface area contributed by atoms with Crippen molar-refractivity contribution in [2.75, 3.05) is 19.0 Å². The summed E-state index contributed by atoms with van der Waals surface area (Å²) in [5.74, 6) is 1.96. The number of hydrogen-bond donors (Lipinski definition) is 1. The molecule has 0 spiro atoms. The van der Waals surface area contributed by atoms with E-state index in [4.69, 9.17) is 14.7 Å². The fraction of sp³-hybridized carbons (Fsp3) is 0.182. The lowest BCUT2D eigenvalue weighted by atomic mass is 10.1. The molecule has 28 heavy (non-hydrogen) atoms. The summed E-state index contributed by atoms with van der Waals surface area (Å²) in [5.41, 5.74) is 3.18. The molecule has 0 fully saturated rings. The molecular formula is C22H22N4O2. The number of ether oxygens (including phenoxy) is 1. The van der Waals surface area contributed by atoms with Crippen molar-refractivity contribution in [3.05, 3.63) is 77.5 Å². The molecule has 2 heterocycles. The van der Waals surface area contributed by atoms with Crippen molar-refractivity contribution in [2.24, 2.45) is 0 Å². The van der Waals surface area contributed by atoms with Crippen LogP contribution in [0.4, 0.5) is 5.82 Å². The van der Waals surface area contributed by atoms with Crippen LogP contribution in [0.2, 0.25) is 0 Å². The number of carbonyl (C=O) groups excluding carboxylic acids is 1. The van der Waals surface area contributed by atoms with E-state index in [1.165, 1.54) is 0 Å². The highest BCUT2D eigenvalue weighted by atomic mass is 16.5. The number of methoxy groups -OCH3 is 1. The fourth-order valence-electron chi connectivity index (χ4n) is 2.73. The molecule has 0 unspecified atom stereocenters. The van der Waals surface area contributed by atoms with E-state index in [1.54, 1.807) is 25.6 Å². The first kappa shape index (κ1) is 19.2. The second kappa shape index (κ2) is 9.41. The lowest BCUT2D eigenvalue weighted by molar-refractivity contribution is -0.104. The van der Waals surface area contributed by atoms with Crippen LogP contribution in [0, 0.1) is 0 Å². The molecule has 0 radical (unpaired) electrons. The van der Waals surface area contributed by atoms with Crippen LogP contribution in [0.15, 0.2) is 66.2 Å². The minimum atomic E-state index is 0.355. The number of carbonyl (C=O) groups is 1. The zero-order chi connectivity index (χ0) is 19.8. The van der Waals surface area contributed by atoms with Crippen molar-refractivity contribution >= 4 is 18.2 Å². The van der Waals surface area contributed by atoms with Crippen LogP contribution in [0.5, 0.6) is 0 Å². The van der Waals surface area contributed by atoms with Gasteiger partial charge in [-0.05, 0) is 31.2 Å². The van der Waals surface area contributed by atoms with E-state index < -0.39 is 0 Å². The van der Waals surface area contributed by atoms with Gasteiger partial charge >= 0.3 is 0 Å². The molecule has 0 saturated heterocycles. The number of fused-ring (bicyclic) bond motifs is 1. The van der Waals surface area contributed by atoms with Gasteiger partial charge in [0.1, 0.15) is 17.9 Å². The van der Waals surface area contributed by atoms with Crippen LogP contribution in [-0.2, 0) is 16.0 Å². The van der Waals surface area contributed by atoms with Crippen LogP contribution in [0.1, 0.15) is 18.2 Å². The normalized spacial score (nSPS) is 13.6. The third-order valence-corrected chi connectivity index (χ3v) is 4.17. The van der Waals surface area contributed by atoms with Gasteiger partial charge in [-0.15, -0.1) is 0 Å². The molecule has 1 N–H and O–H groups in total. The number of nitrogens with one attached hydrogen (secondary N) is 1. The second-order valence-electron chi connectivity index (χ2n) is 6.09. The number of aldehydes is 1. The van der Waals surface area contributed by atoms with Crippen molar-refractivity contribution in [1.29, 1.82) is 0 Å². The van der Waals surface area contributed by atoms with Gasteiger partial charge in [0.05, 0.1) is 12.8 Å². The lowest BCUT2D eigenvalue weighted by Gasteiger charge is -2.14. The summed E-state index contributed by atoms with van der Waals surface area (Å²) in [5, 5.41) is 3.28. The first-order valence-corrected chi connectivity index (χ1v) is 8.99. The zero-order valence-corrected chi connectivity index (χ0v) is 15.9. The van der Waals surface area contributed by atoms with Gasteiger partial charge in [0.15, 0.2) is 5.82 Å². The Kier molecular flexibility index (Phi) is 6.46. The Labute approximate surface area is 164 Å². The maximum Gasteiger partial charge on any atom is 0.163 e. The van der Waals surface area contributed by atoms with E-state index in [0.717, 1.165) is 28.9 Å². The highest BCUT2D eigenvalue weighted by Crippen LogP contribution is 2.27.